The third-order valence-corrected chi connectivity index (χ3v) is 5.21. The zero-order chi connectivity index (χ0) is 21.3. The van der Waals surface area contributed by atoms with E-state index >= 15 is 0 Å². The standard InChI is InChI=1S/C20H21N7O3/c1-11-2-5-17(15-4-3-14-16(25-15)9-23-26-14)27(10-11)20(30)19(29)24-13-6-12(18(21)28)7-22-8-13/h3-4,6-9,11,17H,2,5,10H2,1H3,(H2,21,28)(H,23,26)(H,24,29)/t11-,17+/m1/s1. The molecule has 10 heteroatoms. The minimum atomic E-state index is -0.804. The van der Waals surface area contributed by atoms with Gasteiger partial charge in [0.2, 0.25) is 5.91 Å². The minimum Gasteiger partial charge on any atom is -0.366 e. The van der Waals surface area contributed by atoms with E-state index in [2.05, 4.69) is 25.5 Å². The lowest BCUT2D eigenvalue weighted by Crippen LogP contribution is -2.46. The van der Waals surface area contributed by atoms with E-state index in [9.17, 15) is 14.4 Å². The van der Waals surface area contributed by atoms with Crippen molar-refractivity contribution in [1.29, 1.82) is 0 Å². The van der Waals surface area contributed by atoms with Crippen LogP contribution in [-0.4, -0.2) is 49.3 Å². The second kappa shape index (κ2) is 7.90. The van der Waals surface area contributed by atoms with Gasteiger partial charge in [-0.1, -0.05) is 6.92 Å². The highest BCUT2D eigenvalue weighted by atomic mass is 16.2. The van der Waals surface area contributed by atoms with Gasteiger partial charge in [0, 0.05) is 12.7 Å². The molecular weight excluding hydrogens is 386 g/mol. The lowest BCUT2D eigenvalue weighted by atomic mass is 9.92. The Balaban J connectivity index is 1.56. The smallest absolute Gasteiger partial charge is 0.313 e. The zero-order valence-electron chi connectivity index (χ0n) is 16.3. The van der Waals surface area contributed by atoms with Gasteiger partial charge in [-0.2, -0.15) is 5.10 Å². The summed E-state index contributed by atoms with van der Waals surface area (Å²) in [7, 11) is 0. The van der Waals surface area contributed by atoms with Crippen LogP contribution in [0.15, 0.2) is 36.8 Å². The summed E-state index contributed by atoms with van der Waals surface area (Å²) in [5.74, 6) is -1.88. The van der Waals surface area contributed by atoms with Gasteiger partial charge in [-0.3, -0.25) is 24.5 Å². The average molecular weight is 407 g/mol. The van der Waals surface area contributed by atoms with Crippen LogP contribution in [-0.2, 0) is 9.59 Å². The topological polar surface area (TPSA) is 147 Å². The van der Waals surface area contributed by atoms with Crippen molar-refractivity contribution in [2.45, 2.75) is 25.8 Å². The first kappa shape index (κ1) is 19.5. The summed E-state index contributed by atoms with van der Waals surface area (Å²) in [5, 5.41) is 9.34. The van der Waals surface area contributed by atoms with Crippen molar-refractivity contribution < 1.29 is 14.4 Å². The van der Waals surface area contributed by atoms with Crippen LogP contribution in [0.3, 0.4) is 0 Å². The molecule has 0 spiro atoms. The summed E-state index contributed by atoms with van der Waals surface area (Å²) in [6.45, 7) is 2.49. The van der Waals surface area contributed by atoms with Crippen LogP contribution in [0.1, 0.15) is 41.9 Å². The van der Waals surface area contributed by atoms with E-state index in [-0.39, 0.29) is 23.2 Å². The summed E-state index contributed by atoms with van der Waals surface area (Å²) < 4.78 is 0. The second-order valence-corrected chi connectivity index (χ2v) is 7.48. The van der Waals surface area contributed by atoms with Gasteiger partial charge in [0.15, 0.2) is 0 Å². The fourth-order valence-corrected chi connectivity index (χ4v) is 3.67. The number of hydrogen-bond acceptors (Lipinski definition) is 6. The van der Waals surface area contributed by atoms with Crippen LogP contribution in [0.5, 0.6) is 0 Å². The van der Waals surface area contributed by atoms with E-state index in [0.29, 0.717) is 24.2 Å². The maximum atomic E-state index is 13.0. The number of hydrogen-bond donors (Lipinski definition) is 3. The number of nitrogens with one attached hydrogen (secondary N) is 2. The number of primary amides is 1. The lowest BCUT2D eigenvalue weighted by molar-refractivity contribution is -0.146. The summed E-state index contributed by atoms with van der Waals surface area (Å²) >= 11 is 0. The maximum Gasteiger partial charge on any atom is 0.313 e. The number of H-pyrrole nitrogens is 1. The quantitative estimate of drug-likeness (QED) is 0.559. The first-order valence-corrected chi connectivity index (χ1v) is 9.59. The molecule has 1 saturated heterocycles. The Morgan fingerprint density at radius 2 is 2.03 bits per heavy atom. The number of nitrogens with zero attached hydrogens (tertiary/aromatic N) is 4. The molecule has 154 valence electrons. The van der Waals surface area contributed by atoms with Crippen LogP contribution in [0, 0.1) is 5.92 Å². The molecule has 1 aliphatic heterocycles. The van der Waals surface area contributed by atoms with Crippen LogP contribution >= 0.6 is 0 Å². The molecule has 10 nitrogen and oxygen atoms in total. The summed E-state index contributed by atoms with van der Waals surface area (Å²) in [6, 6.07) is 4.78. The summed E-state index contributed by atoms with van der Waals surface area (Å²) in [5.41, 5.74) is 7.84. The van der Waals surface area contributed by atoms with Crippen LogP contribution in [0.2, 0.25) is 0 Å². The molecule has 0 saturated carbocycles. The van der Waals surface area contributed by atoms with Crippen molar-refractivity contribution >= 4 is 34.4 Å². The normalized spacial score (nSPS) is 18.9. The Hall–Kier alpha value is -3.82. The molecule has 0 radical (unpaired) electrons. The predicted molar refractivity (Wildman–Crippen MR) is 108 cm³/mol. The molecule has 1 aliphatic rings. The lowest BCUT2D eigenvalue weighted by Gasteiger charge is -2.37. The number of anilines is 1. The van der Waals surface area contributed by atoms with Gasteiger partial charge >= 0.3 is 11.8 Å². The van der Waals surface area contributed by atoms with E-state index < -0.39 is 17.7 Å². The molecule has 0 aliphatic carbocycles. The number of rotatable bonds is 3. The first-order chi connectivity index (χ1) is 14.4. The third-order valence-electron chi connectivity index (χ3n) is 5.21. The number of carbonyl (C=O) groups excluding carboxylic acids is 3. The predicted octanol–water partition coefficient (Wildman–Crippen LogP) is 1.39. The fraction of sp³-hybridized carbons (Fsp3) is 0.300. The highest BCUT2D eigenvalue weighted by Crippen LogP contribution is 2.33. The van der Waals surface area contributed by atoms with Crippen LogP contribution in [0.25, 0.3) is 11.0 Å². The number of fused-ring (bicyclic) bond motifs is 1. The third kappa shape index (κ3) is 3.84. The SMILES string of the molecule is C[C@@H]1CC[C@@H](c2ccc3[nH]ncc3n2)N(C(=O)C(=O)Nc2cncc(C(N)=O)c2)C1. The minimum absolute atomic E-state index is 0.141. The summed E-state index contributed by atoms with van der Waals surface area (Å²) in [6.07, 6.45) is 5.89. The second-order valence-electron chi connectivity index (χ2n) is 7.48. The van der Waals surface area contributed by atoms with Crippen molar-refractivity contribution in [3.05, 3.63) is 48.0 Å². The number of nitrogens with two attached hydrogens (primary N) is 1. The highest BCUT2D eigenvalue weighted by molar-refractivity contribution is 6.39. The molecule has 3 amide bonds. The van der Waals surface area contributed by atoms with Gasteiger partial charge < -0.3 is 16.0 Å². The van der Waals surface area contributed by atoms with Crippen molar-refractivity contribution in [3.8, 4) is 0 Å². The van der Waals surface area contributed by atoms with Crippen molar-refractivity contribution in [1.82, 2.24) is 25.1 Å². The monoisotopic (exact) mass is 407 g/mol. The van der Waals surface area contributed by atoms with Crippen molar-refractivity contribution in [2.24, 2.45) is 11.7 Å². The number of amides is 3. The van der Waals surface area contributed by atoms with E-state index in [4.69, 9.17) is 5.73 Å². The maximum absolute atomic E-state index is 13.0. The van der Waals surface area contributed by atoms with Gasteiger partial charge in [-0.15, -0.1) is 0 Å². The number of pyridine rings is 2. The van der Waals surface area contributed by atoms with E-state index in [1.165, 1.54) is 18.5 Å². The molecule has 1 fully saturated rings. The number of carbonyl (C=O) groups is 3. The van der Waals surface area contributed by atoms with E-state index in [1.54, 1.807) is 11.1 Å². The van der Waals surface area contributed by atoms with E-state index in [1.807, 2.05) is 19.1 Å². The Kier molecular flexibility index (Phi) is 5.13. The summed E-state index contributed by atoms with van der Waals surface area (Å²) in [4.78, 5) is 47.0. The molecule has 0 aromatic carbocycles. The number of aromatic amines is 1. The number of likely N-dealkylation sites (tertiary alicyclic amines) is 1. The molecule has 4 N–H and O–H groups in total. The van der Waals surface area contributed by atoms with Gasteiger partial charge in [-0.25, -0.2) is 4.98 Å². The molecule has 0 unspecified atom stereocenters. The zero-order valence-corrected chi connectivity index (χ0v) is 16.3. The molecular formula is C20H21N7O3. The van der Waals surface area contributed by atoms with Gasteiger partial charge in [0.25, 0.3) is 0 Å². The average Bonchev–Trinajstić information content (AvgIpc) is 3.21. The van der Waals surface area contributed by atoms with Gasteiger partial charge in [0.05, 0.1) is 40.9 Å². The van der Waals surface area contributed by atoms with Crippen LogP contribution < -0.4 is 11.1 Å². The Morgan fingerprint density at radius 3 is 2.83 bits per heavy atom. The molecule has 3 aromatic heterocycles. The van der Waals surface area contributed by atoms with Crippen LogP contribution in [0.4, 0.5) is 5.69 Å². The van der Waals surface area contributed by atoms with Crippen molar-refractivity contribution in [3.63, 3.8) is 0 Å². The number of aromatic nitrogens is 4. The molecule has 4 rings (SSSR count). The molecule has 2 atom stereocenters. The Bertz CT molecular complexity index is 1130. The highest BCUT2D eigenvalue weighted by Gasteiger charge is 2.35. The van der Waals surface area contributed by atoms with E-state index in [0.717, 1.165) is 11.9 Å². The Morgan fingerprint density at radius 1 is 1.20 bits per heavy atom. The molecule has 3 aromatic rings. The van der Waals surface area contributed by atoms with Crippen molar-refractivity contribution in [2.75, 3.05) is 11.9 Å². The first-order valence-electron chi connectivity index (χ1n) is 9.59. The largest absolute Gasteiger partial charge is 0.366 e. The van der Waals surface area contributed by atoms with Gasteiger partial charge in [0.1, 0.15) is 5.52 Å². The molecule has 0 bridgehead atoms. The molecule has 4 heterocycles. The molecule has 30 heavy (non-hydrogen) atoms. The Labute approximate surface area is 171 Å². The number of piperidine rings is 1. The van der Waals surface area contributed by atoms with Gasteiger partial charge in [-0.05, 0) is 37.0 Å². The fourth-order valence-electron chi connectivity index (χ4n) is 3.67.